The lowest BCUT2D eigenvalue weighted by Gasteiger charge is -2.09. The molecule has 6 heteroatoms. The summed E-state index contributed by atoms with van der Waals surface area (Å²) in [5.74, 6) is 0.492. The number of halogens is 1. The van der Waals surface area contributed by atoms with E-state index in [-0.39, 0.29) is 0 Å². The SMILES string of the molecule is Cn1ccnc1CCOc1ccc(Cl)cc1/C=C/C(=O)O. The van der Waals surface area contributed by atoms with Gasteiger partial charge >= 0.3 is 5.97 Å². The molecule has 0 bridgehead atoms. The second-order valence-corrected chi connectivity index (χ2v) is 4.84. The Kier molecular flexibility index (Phi) is 5.00. The quantitative estimate of drug-likeness (QED) is 0.834. The Hall–Kier alpha value is -2.27. The summed E-state index contributed by atoms with van der Waals surface area (Å²) in [6, 6.07) is 5.09. The van der Waals surface area contributed by atoms with Crippen molar-refractivity contribution < 1.29 is 14.6 Å². The first-order valence-electron chi connectivity index (χ1n) is 6.36. The molecule has 21 heavy (non-hydrogen) atoms. The van der Waals surface area contributed by atoms with Crippen LogP contribution in [0.1, 0.15) is 11.4 Å². The number of aryl methyl sites for hydroxylation is 1. The predicted octanol–water partition coefficient (Wildman–Crippen LogP) is 2.79. The Morgan fingerprint density at radius 2 is 2.33 bits per heavy atom. The summed E-state index contributed by atoms with van der Waals surface area (Å²) < 4.78 is 7.62. The number of imidazole rings is 1. The first-order valence-corrected chi connectivity index (χ1v) is 6.73. The van der Waals surface area contributed by atoms with E-state index < -0.39 is 5.97 Å². The summed E-state index contributed by atoms with van der Waals surface area (Å²) in [4.78, 5) is 14.8. The third-order valence-corrected chi connectivity index (χ3v) is 3.12. The molecule has 0 unspecified atom stereocenters. The zero-order chi connectivity index (χ0) is 15.2. The molecule has 2 rings (SSSR count). The largest absolute Gasteiger partial charge is 0.492 e. The van der Waals surface area contributed by atoms with E-state index in [1.54, 1.807) is 24.4 Å². The summed E-state index contributed by atoms with van der Waals surface area (Å²) in [7, 11) is 1.92. The van der Waals surface area contributed by atoms with Crippen LogP contribution < -0.4 is 4.74 Å². The fourth-order valence-corrected chi connectivity index (χ4v) is 2.01. The van der Waals surface area contributed by atoms with Crippen LogP contribution in [0.2, 0.25) is 5.02 Å². The molecule has 1 aromatic carbocycles. The highest BCUT2D eigenvalue weighted by Crippen LogP contribution is 2.24. The highest BCUT2D eigenvalue weighted by molar-refractivity contribution is 6.30. The van der Waals surface area contributed by atoms with E-state index in [1.165, 1.54) is 6.08 Å². The fraction of sp³-hybridized carbons (Fsp3) is 0.200. The first-order chi connectivity index (χ1) is 10.1. The number of ether oxygens (including phenoxy) is 1. The van der Waals surface area contributed by atoms with Crippen molar-refractivity contribution in [2.75, 3.05) is 6.61 Å². The number of hydrogen-bond donors (Lipinski definition) is 1. The molecular weight excluding hydrogens is 292 g/mol. The van der Waals surface area contributed by atoms with E-state index in [1.807, 2.05) is 17.8 Å². The van der Waals surface area contributed by atoms with Gasteiger partial charge in [-0.15, -0.1) is 0 Å². The maximum absolute atomic E-state index is 10.6. The second kappa shape index (κ2) is 6.95. The molecular formula is C15H15ClN2O3. The standard InChI is InChI=1S/C15H15ClN2O3/c1-18-8-7-17-14(18)6-9-21-13-4-3-12(16)10-11(13)2-5-15(19)20/h2-5,7-8,10H,6,9H2,1H3,(H,19,20)/b5-2+. The molecule has 0 aliphatic carbocycles. The minimum atomic E-state index is -1.02. The zero-order valence-corrected chi connectivity index (χ0v) is 12.2. The number of nitrogens with zero attached hydrogens (tertiary/aromatic N) is 2. The fourth-order valence-electron chi connectivity index (χ4n) is 1.83. The van der Waals surface area contributed by atoms with Gasteiger partial charge in [0.15, 0.2) is 0 Å². The normalized spacial score (nSPS) is 11.0. The van der Waals surface area contributed by atoms with Crippen molar-refractivity contribution in [1.29, 1.82) is 0 Å². The number of carbonyl (C=O) groups is 1. The summed E-state index contributed by atoms with van der Waals surface area (Å²) in [5.41, 5.74) is 0.629. The van der Waals surface area contributed by atoms with Crippen LogP contribution in [-0.4, -0.2) is 27.2 Å². The van der Waals surface area contributed by atoms with Gasteiger partial charge in [-0.2, -0.15) is 0 Å². The molecule has 5 nitrogen and oxygen atoms in total. The van der Waals surface area contributed by atoms with Crippen LogP contribution in [0.15, 0.2) is 36.7 Å². The third-order valence-electron chi connectivity index (χ3n) is 2.88. The van der Waals surface area contributed by atoms with Gasteiger partial charge in [-0.05, 0) is 24.3 Å². The Morgan fingerprint density at radius 1 is 1.52 bits per heavy atom. The molecule has 0 spiro atoms. The average molecular weight is 307 g/mol. The van der Waals surface area contributed by atoms with Crippen molar-refractivity contribution in [3.63, 3.8) is 0 Å². The van der Waals surface area contributed by atoms with E-state index in [2.05, 4.69) is 4.98 Å². The lowest BCUT2D eigenvalue weighted by molar-refractivity contribution is -0.131. The molecule has 2 aromatic rings. The van der Waals surface area contributed by atoms with Gasteiger partial charge in [0, 0.05) is 42.5 Å². The number of aromatic nitrogens is 2. The van der Waals surface area contributed by atoms with Crippen LogP contribution in [0.4, 0.5) is 0 Å². The van der Waals surface area contributed by atoms with Crippen molar-refractivity contribution >= 4 is 23.6 Å². The number of carboxylic acid groups (broad SMARTS) is 1. The minimum Gasteiger partial charge on any atom is -0.492 e. The van der Waals surface area contributed by atoms with Crippen molar-refractivity contribution in [2.24, 2.45) is 7.05 Å². The van der Waals surface area contributed by atoms with Crippen molar-refractivity contribution in [2.45, 2.75) is 6.42 Å². The van der Waals surface area contributed by atoms with E-state index in [9.17, 15) is 4.79 Å². The van der Waals surface area contributed by atoms with Gasteiger partial charge < -0.3 is 14.4 Å². The highest BCUT2D eigenvalue weighted by Gasteiger charge is 2.05. The maximum Gasteiger partial charge on any atom is 0.328 e. The molecule has 1 aromatic heterocycles. The van der Waals surface area contributed by atoms with Gasteiger partial charge in [0.1, 0.15) is 11.6 Å². The van der Waals surface area contributed by atoms with Crippen LogP contribution in [0, 0.1) is 0 Å². The number of hydrogen-bond acceptors (Lipinski definition) is 3. The van der Waals surface area contributed by atoms with E-state index in [4.69, 9.17) is 21.4 Å². The Labute approximate surface area is 127 Å². The van der Waals surface area contributed by atoms with E-state index in [0.29, 0.717) is 29.4 Å². The molecule has 1 heterocycles. The maximum atomic E-state index is 10.6. The summed E-state index contributed by atoms with van der Waals surface area (Å²) in [6.07, 6.45) is 6.78. The summed E-state index contributed by atoms with van der Waals surface area (Å²) >= 11 is 5.92. The number of carboxylic acids is 1. The zero-order valence-electron chi connectivity index (χ0n) is 11.5. The van der Waals surface area contributed by atoms with Gasteiger partial charge in [-0.3, -0.25) is 0 Å². The third kappa shape index (κ3) is 4.36. The van der Waals surface area contributed by atoms with E-state index in [0.717, 1.165) is 11.9 Å². The van der Waals surface area contributed by atoms with Crippen molar-refractivity contribution in [3.05, 3.63) is 53.1 Å². The lowest BCUT2D eigenvalue weighted by Crippen LogP contribution is -2.06. The van der Waals surface area contributed by atoms with E-state index >= 15 is 0 Å². The minimum absolute atomic E-state index is 0.445. The number of rotatable bonds is 6. The number of aliphatic carboxylic acids is 1. The Balaban J connectivity index is 2.05. The molecule has 0 atom stereocenters. The van der Waals surface area contributed by atoms with Crippen LogP contribution in [0.3, 0.4) is 0 Å². The molecule has 0 saturated heterocycles. The second-order valence-electron chi connectivity index (χ2n) is 4.41. The summed E-state index contributed by atoms with van der Waals surface area (Å²) in [6.45, 7) is 0.445. The lowest BCUT2D eigenvalue weighted by atomic mass is 10.2. The highest BCUT2D eigenvalue weighted by atomic mass is 35.5. The monoisotopic (exact) mass is 306 g/mol. The van der Waals surface area contributed by atoms with Crippen LogP contribution in [-0.2, 0) is 18.3 Å². The molecule has 0 saturated carbocycles. The van der Waals surface area contributed by atoms with Gasteiger partial charge in [-0.1, -0.05) is 11.6 Å². The molecule has 0 aliphatic heterocycles. The van der Waals surface area contributed by atoms with Gasteiger partial charge in [-0.25, -0.2) is 9.78 Å². The van der Waals surface area contributed by atoms with Gasteiger partial charge in [0.2, 0.25) is 0 Å². The summed E-state index contributed by atoms with van der Waals surface area (Å²) in [5, 5.41) is 9.22. The van der Waals surface area contributed by atoms with Crippen LogP contribution in [0.25, 0.3) is 6.08 Å². The van der Waals surface area contributed by atoms with Crippen molar-refractivity contribution in [1.82, 2.24) is 9.55 Å². The first kappa shape index (κ1) is 15.1. The average Bonchev–Trinajstić information content (AvgIpc) is 2.84. The molecule has 110 valence electrons. The van der Waals surface area contributed by atoms with Crippen LogP contribution in [0.5, 0.6) is 5.75 Å². The predicted molar refractivity (Wildman–Crippen MR) is 80.5 cm³/mol. The topological polar surface area (TPSA) is 64.4 Å². The van der Waals surface area contributed by atoms with Gasteiger partial charge in [0.05, 0.1) is 6.61 Å². The molecule has 1 N–H and O–H groups in total. The smallest absolute Gasteiger partial charge is 0.328 e. The van der Waals surface area contributed by atoms with Crippen LogP contribution >= 0.6 is 11.6 Å². The van der Waals surface area contributed by atoms with Crippen molar-refractivity contribution in [3.8, 4) is 5.75 Å². The molecule has 0 fully saturated rings. The van der Waals surface area contributed by atoms with Gasteiger partial charge in [0.25, 0.3) is 0 Å². The number of benzene rings is 1. The molecule has 0 radical (unpaired) electrons. The Morgan fingerprint density at radius 3 is 3.00 bits per heavy atom. The Bertz CT molecular complexity index is 665. The molecule has 0 aliphatic rings. The molecule has 0 amide bonds.